The highest BCUT2D eigenvalue weighted by Crippen LogP contribution is 2.47. The SMILES string of the molecule is CC(C)(C)C(Nc1nc(-c2c[nH]c3ncc(F)cc23)ncc1F)C1CC1CO. The van der Waals surface area contributed by atoms with E-state index in [2.05, 4.69) is 46.0 Å². The molecule has 3 aromatic heterocycles. The van der Waals surface area contributed by atoms with Gasteiger partial charge >= 0.3 is 0 Å². The van der Waals surface area contributed by atoms with Crippen LogP contribution in [0.2, 0.25) is 0 Å². The van der Waals surface area contributed by atoms with Crippen molar-refractivity contribution in [1.82, 2.24) is 19.9 Å². The van der Waals surface area contributed by atoms with Gasteiger partial charge in [0.25, 0.3) is 0 Å². The zero-order valence-corrected chi connectivity index (χ0v) is 16.0. The summed E-state index contributed by atoms with van der Waals surface area (Å²) in [5.41, 5.74) is 0.909. The van der Waals surface area contributed by atoms with Gasteiger partial charge in [0, 0.05) is 29.8 Å². The van der Waals surface area contributed by atoms with Crippen molar-refractivity contribution >= 4 is 16.9 Å². The van der Waals surface area contributed by atoms with E-state index in [0.29, 0.717) is 16.6 Å². The fourth-order valence-electron chi connectivity index (χ4n) is 3.76. The quantitative estimate of drug-likeness (QED) is 0.621. The Morgan fingerprint density at radius 2 is 2.07 bits per heavy atom. The number of hydrogen-bond acceptors (Lipinski definition) is 5. The zero-order chi connectivity index (χ0) is 20.1. The van der Waals surface area contributed by atoms with Gasteiger partial charge in [0.15, 0.2) is 17.5 Å². The first-order chi connectivity index (χ1) is 13.3. The summed E-state index contributed by atoms with van der Waals surface area (Å²) in [5, 5.41) is 13.2. The summed E-state index contributed by atoms with van der Waals surface area (Å²) >= 11 is 0. The first-order valence-electron chi connectivity index (χ1n) is 9.31. The number of hydrogen-bond donors (Lipinski definition) is 3. The molecule has 148 valence electrons. The lowest BCUT2D eigenvalue weighted by molar-refractivity contribution is 0.244. The van der Waals surface area contributed by atoms with E-state index in [1.54, 1.807) is 6.20 Å². The van der Waals surface area contributed by atoms with Gasteiger partial charge in [0.05, 0.1) is 12.4 Å². The Kier molecular flexibility index (Phi) is 4.53. The molecule has 3 unspecified atom stereocenters. The van der Waals surface area contributed by atoms with E-state index in [-0.39, 0.29) is 41.5 Å². The minimum atomic E-state index is -0.552. The van der Waals surface area contributed by atoms with Crippen LogP contribution in [0, 0.1) is 28.9 Å². The molecule has 0 aliphatic heterocycles. The van der Waals surface area contributed by atoms with Crippen molar-refractivity contribution in [2.75, 3.05) is 11.9 Å². The molecule has 0 amide bonds. The van der Waals surface area contributed by atoms with Crippen LogP contribution < -0.4 is 5.32 Å². The minimum absolute atomic E-state index is 0.0519. The van der Waals surface area contributed by atoms with Gasteiger partial charge in [-0.15, -0.1) is 0 Å². The van der Waals surface area contributed by atoms with Crippen LogP contribution >= 0.6 is 0 Å². The van der Waals surface area contributed by atoms with E-state index in [9.17, 15) is 13.9 Å². The highest BCUT2D eigenvalue weighted by atomic mass is 19.1. The topological polar surface area (TPSA) is 86.7 Å². The summed E-state index contributed by atoms with van der Waals surface area (Å²) < 4.78 is 28.1. The molecule has 4 rings (SSSR count). The number of nitrogens with one attached hydrogen (secondary N) is 2. The van der Waals surface area contributed by atoms with Crippen molar-refractivity contribution in [3.63, 3.8) is 0 Å². The number of aromatic amines is 1. The van der Waals surface area contributed by atoms with Crippen molar-refractivity contribution in [1.29, 1.82) is 0 Å². The third-order valence-corrected chi connectivity index (χ3v) is 5.35. The molecule has 1 aliphatic carbocycles. The number of rotatable bonds is 5. The molecule has 3 aromatic rings. The first-order valence-corrected chi connectivity index (χ1v) is 9.31. The van der Waals surface area contributed by atoms with Crippen LogP contribution in [0.1, 0.15) is 27.2 Å². The van der Waals surface area contributed by atoms with Crippen molar-refractivity contribution in [2.45, 2.75) is 33.2 Å². The molecule has 0 saturated heterocycles. The molecule has 3 atom stereocenters. The van der Waals surface area contributed by atoms with Gasteiger partial charge in [-0.2, -0.15) is 0 Å². The van der Waals surface area contributed by atoms with Crippen LogP contribution in [0.3, 0.4) is 0 Å². The molecule has 28 heavy (non-hydrogen) atoms. The smallest absolute Gasteiger partial charge is 0.183 e. The molecule has 0 spiro atoms. The molecule has 3 N–H and O–H groups in total. The predicted octanol–water partition coefficient (Wildman–Crippen LogP) is 3.75. The molecule has 1 aliphatic rings. The van der Waals surface area contributed by atoms with Crippen molar-refractivity contribution in [3.05, 3.63) is 36.3 Å². The van der Waals surface area contributed by atoms with Gasteiger partial charge in [-0.25, -0.2) is 23.7 Å². The monoisotopic (exact) mass is 387 g/mol. The van der Waals surface area contributed by atoms with Crippen LogP contribution in [-0.4, -0.2) is 37.7 Å². The normalized spacial score (nSPS) is 20.4. The van der Waals surface area contributed by atoms with Gasteiger partial charge in [0.2, 0.25) is 0 Å². The van der Waals surface area contributed by atoms with E-state index in [4.69, 9.17) is 0 Å². The number of H-pyrrole nitrogens is 1. The Morgan fingerprint density at radius 1 is 1.29 bits per heavy atom. The maximum absolute atomic E-state index is 14.5. The molecule has 1 fully saturated rings. The van der Waals surface area contributed by atoms with Gasteiger partial charge < -0.3 is 15.4 Å². The standard InChI is InChI=1S/C20H23F2N5O/c1-20(2,3)16(12-4-10(12)9-28)26-19-15(22)8-25-18(27-19)14-7-24-17-13(14)5-11(21)6-23-17/h5-8,10,12,16,28H,4,9H2,1-3H3,(H,23,24)(H,25,26,27). The van der Waals surface area contributed by atoms with E-state index < -0.39 is 11.6 Å². The number of halogens is 2. The van der Waals surface area contributed by atoms with Crippen LogP contribution in [0.25, 0.3) is 22.4 Å². The molecule has 0 bridgehead atoms. The van der Waals surface area contributed by atoms with Crippen molar-refractivity contribution in [3.8, 4) is 11.4 Å². The summed E-state index contributed by atoms with van der Waals surface area (Å²) in [7, 11) is 0. The first kappa shape index (κ1) is 18.7. The molecule has 0 aromatic carbocycles. The van der Waals surface area contributed by atoms with Gasteiger partial charge in [-0.3, -0.25) is 0 Å². The van der Waals surface area contributed by atoms with Crippen LogP contribution in [0.4, 0.5) is 14.6 Å². The van der Waals surface area contributed by atoms with E-state index in [1.165, 1.54) is 6.07 Å². The molecule has 1 saturated carbocycles. The van der Waals surface area contributed by atoms with Crippen LogP contribution in [-0.2, 0) is 0 Å². The van der Waals surface area contributed by atoms with Crippen molar-refractivity contribution in [2.24, 2.45) is 17.3 Å². The fraction of sp³-hybridized carbons (Fsp3) is 0.450. The van der Waals surface area contributed by atoms with E-state index >= 15 is 0 Å². The summed E-state index contributed by atoms with van der Waals surface area (Å²) in [6.45, 7) is 6.35. The number of nitrogens with zero attached hydrogens (tertiary/aromatic N) is 3. The number of aliphatic hydroxyl groups excluding tert-OH is 1. The van der Waals surface area contributed by atoms with Gasteiger partial charge in [0.1, 0.15) is 11.5 Å². The maximum Gasteiger partial charge on any atom is 0.183 e. The van der Waals surface area contributed by atoms with Gasteiger partial charge in [-0.05, 0) is 29.7 Å². The minimum Gasteiger partial charge on any atom is -0.396 e. The zero-order valence-electron chi connectivity index (χ0n) is 16.0. The average molecular weight is 387 g/mol. The summed E-state index contributed by atoms with van der Waals surface area (Å²) in [6, 6.07) is 1.30. The maximum atomic E-state index is 14.5. The second-order valence-corrected chi connectivity index (χ2v) is 8.47. The van der Waals surface area contributed by atoms with Crippen molar-refractivity contribution < 1.29 is 13.9 Å². The number of aliphatic hydroxyl groups is 1. The lowest BCUT2D eigenvalue weighted by Gasteiger charge is -2.32. The lowest BCUT2D eigenvalue weighted by Crippen LogP contribution is -2.37. The summed E-state index contributed by atoms with van der Waals surface area (Å²) in [4.78, 5) is 15.4. The molecular weight excluding hydrogens is 364 g/mol. The summed E-state index contributed by atoms with van der Waals surface area (Å²) in [5.74, 6) is -0.149. The molecule has 6 nitrogen and oxygen atoms in total. The van der Waals surface area contributed by atoms with E-state index in [0.717, 1.165) is 18.8 Å². The number of fused-ring (bicyclic) bond motifs is 1. The Morgan fingerprint density at radius 3 is 2.75 bits per heavy atom. The Balaban J connectivity index is 1.70. The largest absolute Gasteiger partial charge is 0.396 e. The highest BCUT2D eigenvalue weighted by Gasteiger charge is 2.47. The highest BCUT2D eigenvalue weighted by molar-refractivity contribution is 5.91. The molecule has 0 radical (unpaired) electrons. The fourth-order valence-corrected chi connectivity index (χ4v) is 3.76. The third-order valence-electron chi connectivity index (χ3n) is 5.35. The number of pyridine rings is 1. The van der Waals surface area contributed by atoms with Crippen LogP contribution in [0.15, 0.2) is 24.7 Å². The summed E-state index contributed by atoms with van der Waals surface area (Å²) in [6.07, 6.45) is 4.78. The second-order valence-electron chi connectivity index (χ2n) is 8.47. The molecular formula is C20H23F2N5O. The Labute approximate surface area is 161 Å². The molecule has 3 heterocycles. The van der Waals surface area contributed by atoms with Crippen LogP contribution in [0.5, 0.6) is 0 Å². The third kappa shape index (κ3) is 3.44. The Bertz CT molecular complexity index is 1010. The van der Waals surface area contributed by atoms with E-state index in [1.807, 2.05) is 0 Å². The molecule has 8 heteroatoms. The number of aromatic nitrogens is 4. The lowest BCUT2D eigenvalue weighted by atomic mass is 9.83. The number of anilines is 1. The second kappa shape index (κ2) is 6.77. The van der Waals surface area contributed by atoms with Gasteiger partial charge in [-0.1, -0.05) is 20.8 Å². The Hall–Kier alpha value is -2.61. The average Bonchev–Trinajstić information content (AvgIpc) is 3.30. The predicted molar refractivity (Wildman–Crippen MR) is 103 cm³/mol.